The number of ether oxygens (including phenoxy) is 4. The number of esters is 1. The molecule has 0 saturated carbocycles. The number of amides is 2. The van der Waals surface area contributed by atoms with Crippen molar-refractivity contribution in [2.24, 2.45) is 0 Å². The Bertz CT molecular complexity index is 1350. The highest BCUT2D eigenvalue weighted by atomic mass is 16.6. The molecular weight excluding hydrogens is 524 g/mol. The van der Waals surface area contributed by atoms with E-state index in [0.29, 0.717) is 36.7 Å². The van der Waals surface area contributed by atoms with Gasteiger partial charge in [0.05, 0.1) is 25.3 Å². The highest BCUT2D eigenvalue weighted by Crippen LogP contribution is 2.35. The molecule has 2 amide bonds. The SMILES string of the molecule is COC(=O)[C@H](Cc1ccc(OCc2ccccc2)cc1)NC(=O)c1cccc2c1OCCC2NC(=O)OC(C)(C)C. The molecule has 0 bridgehead atoms. The van der Waals surface area contributed by atoms with Crippen molar-refractivity contribution in [2.75, 3.05) is 13.7 Å². The van der Waals surface area contributed by atoms with Gasteiger partial charge in [-0.05, 0) is 50.1 Å². The Balaban J connectivity index is 1.44. The van der Waals surface area contributed by atoms with Gasteiger partial charge < -0.3 is 29.6 Å². The largest absolute Gasteiger partial charge is 0.492 e. The summed E-state index contributed by atoms with van der Waals surface area (Å²) in [6, 6.07) is 21.0. The Hall–Kier alpha value is -4.53. The maximum absolute atomic E-state index is 13.4. The minimum atomic E-state index is -0.932. The lowest BCUT2D eigenvalue weighted by Crippen LogP contribution is -2.43. The van der Waals surface area contributed by atoms with Crippen LogP contribution in [-0.2, 0) is 27.3 Å². The zero-order valence-corrected chi connectivity index (χ0v) is 23.8. The number of benzene rings is 3. The number of para-hydroxylation sites is 1. The predicted molar refractivity (Wildman–Crippen MR) is 153 cm³/mol. The average molecular weight is 561 g/mol. The second kappa shape index (κ2) is 13.2. The number of nitrogens with one attached hydrogen (secondary N) is 2. The fraction of sp³-hybridized carbons (Fsp3) is 0.344. The van der Waals surface area contributed by atoms with Crippen LogP contribution in [0.5, 0.6) is 11.5 Å². The topological polar surface area (TPSA) is 112 Å². The molecule has 1 heterocycles. The summed E-state index contributed by atoms with van der Waals surface area (Å²) in [6.07, 6.45) is 0.191. The summed E-state index contributed by atoms with van der Waals surface area (Å²) in [5.74, 6) is -0.00405. The summed E-state index contributed by atoms with van der Waals surface area (Å²) in [5.41, 5.74) is 2.16. The van der Waals surface area contributed by atoms with Crippen molar-refractivity contribution < 1.29 is 33.3 Å². The van der Waals surface area contributed by atoms with Crippen molar-refractivity contribution in [1.82, 2.24) is 10.6 Å². The van der Waals surface area contributed by atoms with E-state index in [2.05, 4.69) is 10.6 Å². The molecule has 9 heteroatoms. The molecule has 1 aliphatic rings. The molecular formula is C32H36N2O7. The molecule has 4 rings (SSSR count). The lowest BCUT2D eigenvalue weighted by Gasteiger charge is -2.29. The van der Waals surface area contributed by atoms with E-state index in [9.17, 15) is 14.4 Å². The van der Waals surface area contributed by atoms with Crippen LogP contribution in [0.4, 0.5) is 4.79 Å². The Morgan fingerprint density at radius 3 is 2.37 bits per heavy atom. The molecule has 0 radical (unpaired) electrons. The molecule has 3 aromatic rings. The quantitative estimate of drug-likeness (QED) is 0.349. The van der Waals surface area contributed by atoms with Crippen LogP contribution in [0.15, 0.2) is 72.8 Å². The number of carbonyl (C=O) groups excluding carboxylic acids is 3. The maximum atomic E-state index is 13.4. The van der Waals surface area contributed by atoms with Gasteiger partial charge in [-0.3, -0.25) is 4.79 Å². The summed E-state index contributed by atoms with van der Waals surface area (Å²) in [7, 11) is 1.28. The molecule has 0 spiro atoms. The Kier molecular flexibility index (Phi) is 9.49. The van der Waals surface area contributed by atoms with Crippen molar-refractivity contribution >= 4 is 18.0 Å². The predicted octanol–water partition coefficient (Wildman–Crippen LogP) is 5.13. The molecule has 216 valence electrons. The molecule has 41 heavy (non-hydrogen) atoms. The maximum Gasteiger partial charge on any atom is 0.408 e. The second-order valence-electron chi connectivity index (χ2n) is 10.7. The van der Waals surface area contributed by atoms with Crippen LogP contribution < -0.4 is 20.1 Å². The van der Waals surface area contributed by atoms with Gasteiger partial charge in [0.25, 0.3) is 5.91 Å². The Morgan fingerprint density at radius 2 is 1.68 bits per heavy atom. The van der Waals surface area contributed by atoms with E-state index < -0.39 is 29.6 Å². The fourth-order valence-corrected chi connectivity index (χ4v) is 4.47. The molecule has 1 aliphatic heterocycles. The summed E-state index contributed by atoms with van der Waals surface area (Å²) >= 11 is 0. The molecule has 1 unspecified atom stereocenters. The van der Waals surface area contributed by atoms with Gasteiger partial charge in [0.15, 0.2) is 0 Å². The van der Waals surface area contributed by atoms with Gasteiger partial charge in [0.2, 0.25) is 0 Å². The van der Waals surface area contributed by atoms with Crippen LogP contribution in [0, 0.1) is 0 Å². The van der Waals surface area contributed by atoms with Gasteiger partial charge in [-0.15, -0.1) is 0 Å². The first kappa shape index (κ1) is 29.5. The molecule has 3 aromatic carbocycles. The molecule has 0 aliphatic carbocycles. The van der Waals surface area contributed by atoms with Gasteiger partial charge in [-0.1, -0.05) is 54.6 Å². The normalized spacial score (nSPS) is 15.0. The number of hydrogen-bond acceptors (Lipinski definition) is 7. The first-order valence-electron chi connectivity index (χ1n) is 13.5. The Labute approximate surface area is 240 Å². The molecule has 2 N–H and O–H groups in total. The minimum absolute atomic E-state index is 0.218. The molecule has 0 saturated heterocycles. The van der Waals surface area contributed by atoms with E-state index >= 15 is 0 Å². The number of fused-ring (bicyclic) bond motifs is 1. The standard InChI is InChI=1S/C32H36N2O7/c1-32(2,3)41-31(37)34-26-17-18-39-28-24(26)11-8-12-25(28)29(35)33-27(30(36)38-4)19-21-13-15-23(16-14-21)40-20-22-9-6-5-7-10-22/h5-16,26-27H,17-20H2,1-4H3,(H,33,35)(H,34,37)/t26?,27-/m0/s1. The second-order valence-corrected chi connectivity index (χ2v) is 10.7. The molecule has 0 aromatic heterocycles. The van der Waals surface area contributed by atoms with E-state index in [0.717, 1.165) is 11.1 Å². The third-order valence-corrected chi connectivity index (χ3v) is 6.41. The van der Waals surface area contributed by atoms with E-state index in [1.165, 1.54) is 7.11 Å². The smallest absolute Gasteiger partial charge is 0.408 e. The molecule has 2 atom stereocenters. The van der Waals surface area contributed by atoms with Gasteiger partial charge in [-0.2, -0.15) is 0 Å². The van der Waals surface area contributed by atoms with Crippen molar-refractivity contribution in [3.8, 4) is 11.5 Å². The van der Waals surface area contributed by atoms with E-state index in [4.69, 9.17) is 18.9 Å². The zero-order chi connectivity index (χ0) is 29.4. The van der Waals surface area contributed by atoms with E-state index in [-0.39, 0.29) is 18.0 Å². The number of carbonyl (C=O) groups is 3. The average Bonchev–Trinajstić information content (AvgIpc) is 2.95. The lowest BCUT2D eigenvalue weighted by atomic mass is 9.97. The summed E-state index contributed by atoms with van der Waals surface area (Å²) < 4.78 is 22.1. The number of methoxy groups -OCH3 is 1. The van der Waals surface area contributed by atoms with E-state index in [1.807, 2.05) is 54.6 Å². The van der Waals surface area contributed by atoms with Crippen LogP contribution in [0.1, 0.15) is 60.3 Å². The third-order valence-electron chi connectivity index (χ3n) is 6.41. The van der Waals surface area contributed by atoms with Crippen molar-refractivity contribution in [1.29, 1.82) is 0 Å². The summed E-state index contributed by atoms with van der Waals surface area (Å²) in [4.78, 5) is 38.4. The first-order valence-corrected chi connectivity index (χ1v) is 13.5. The highest BCUT2D eigenvalue weighted by molar-refractivity contribution is 5.99. The van der Waals surface area contributed by atoms with Gasteiger partial charge in [-0.25, -0.2) is 9.59 Å². The van der Waals surface area contributed by atoms with Crippen molar-refractivity contribution in [3.05, 3.63) is 95.1 Å². The fourth-order valence-electron chi connectivity index (χ4n) is 4.47. The van der Waals surface area contributed by atoms with Crippen LogP contribution in [0.3, 0.4) is 0 Å². The van der Waals surface area contributed by atoms with Crippen molar-refractivity contribution in [3.63, 3.8) is 0 Å². The first-order chi connectivity index (χ1) is 19.6. The lowest BCUT2D eigenvalue weighted by molar-refractivity contribution is -0.142. The van der Waals surface area contributed by atoms with Gasteiger partial charge in [0.1, 0.15) is 29.7 Å². The van der Waals surface area contributed by atoms with Crippen molar-refractivity contribution in [2.45, 2.75) is 57.9 Å². The van der Waals surface area contributed by atoms with Crippen LogP contribution in [-0.4, -0.2) is 43.3 Å². The monoisotopic (exact) mass is 560 g/mol. The summed E-state index contributed by atoms with van der Waals surface area (Å²) in [6.45, 7) is 6.12. The van der Waals surface area contributed by atoms with Gasteiger partial charge >= 0.3 is 12.1 Å². The minimum Gasteiger partial charge on any atom is -0.492 e. The van der Waals surface area contributed by atoms with E-state index in [1.54, 1.807) is 39.0 Å². The number of hydrogen-bond donors (Lipinski definition) is 2. The van der Waals surface area contributed by atoms with Gasteiger partial charge in [0, 0.05) is 18.4 Å². The third kappa shape index (κ3) is 8.23. The van der Waals surface area contributed by atoms with Crippen LogP contribution >= 0.6 is 0 Å². The summed E-state index contributed by atoms with van der Waals surface area (Å²) in [5, 5.41) is 5.66. The molecule has 0 fully saturated rings. The number of rotatable bonds is 9. The number of alkyl carbamates (subject to hydrolysis) is 1. The highest BCUT2D eigenvalue weighted by Gasteiger charge is 2.30. The Morgan fingerprint density at radius 1 is 0.951 bits per heavy atom. The molecule has 9 nitrogen and oxygen atoms in total. The zero-order valence-electron chi connectivity index (χ0n) is 23.8. The van der Waals surface area contributed by atoms with Crippen LogP contribution in [0.25, 0.3) is 0 Å². The van der Waals surface area contributed by atoms with Crippen LogP contribution in [0.2, 0.25) is 0 Å².